The number of hydrogen-bond acceptors (Lipinski definition) is 6. The molecule has 140 valence electrons. The molecule has 7 nitrogen and oxygen atoms in total. The number of para-hydroxylation sites is 1. The van der Waals surface area contributed by atoms with E-state index in [1.165, 1.54) is 11.8 Å². The Hall–Kier alpha value is -3.39. The average molecular weight is 391 g/mol. The minimum absolute atomic E-state index is 0.124. The van der Waals surface area contributed by atoms with Crippen LogP contribution in [0, 0.1) is 0 Å². The summed E-state index contributed by atoms with van der Waals surface area (Å²) in [5.41, 5.74) is 2.80. The van der Waals surface area contributed by atoms with Crippen molar-refractivity contribution in [3.05, 3.63) is 78.8 Å². The molecular formula is C20H17N5O2S. The summed E-state index contributed by atoms with van der Waals surface area (Å²) < 4.78 is 6.92. The van der Waals surface area contributed by atoms with Gasteiger partial charge in [-0.15, -0.1) is 5.10 Å². The van der Waals surface area contributed by atoms with Gasteiger partial charge in [-0.2, -0.15) is 0 Å². The second kappa shape index (κ2) is 8.53. The lowest BCUT2D eigenvalue weighted by Gasteiger charge is -2.11. The van der Waals surface area contributed by atoms with Gasteiger partial charge < -0.3 is 9.73 Å². The molecule has 8 heteroatoms. The standard InChI is InChI=1S/C20H17N5O2S/c26-19(14-28-20-22-23-24-25(20)13-16-9-6-12-27-16)21-18-11-5-4-10-17(18)15-7-2-1-3-8-15/h1-12H,13-14H2,(H,21,26). The molecular weight excluding hydrogens is 374 g/mol. The third-order valence-electron chi connectivity index (χ3n) is 4.00. The highest BCUT2D eigenvalue weighted by Gasteiger charge is 2.13. The van der Waals surface area contributed by atoms with Crippen molar-refractivity contribution < 1.29 is 9.21 Å². The van der Waals surface area contributed by atoms with E-state index in [1.807, 2.05) is 66.7 Å². The van der Waals surface area contributed by atoms with E-state index >= 15 is 0 Å². The van der Waals surface area contributed by atoms with E-state index in [1.54, 1.807) is 10.9 Å². The molecule has 28 heavy (non-hydrogen) atoms. The number of carbonyl (C=O) groups excluding carboxylic acids is 1. The van der Waals surface area contributed by atoms with Crippen LogP contribution >= 0.6 is 11.8 Å². The molecule has 2 aromatic carbocycles. The van der Waals surface area contributed by atoms with E-state index in [0.29, 0.717) is 11.7 Å². The molecule has 0 atom stereocenters. The fraction of sp³-hybridized carbons (Fsp3) is 0.100. The Morgan fingerprint density at radius 1 is 1.04 bits per heavy atom. The van der Waals surface area contributed by atoms with Crippen molar-refractivity contribution in [1.82, 2.24) is 20.2 Å². The predicted molar refractivity (Wildman–Crippen MR) is 107 cm³/mol. The highest BCUT2D eigenvalue weighted by molar-refractivity contribution is 7.99. The SMILES string of the molecule is O=C(CSc1nnnn1Cc1ccco1)Nc1ccccc1-c1ccccc1. The number of rotatable bonds is 7. The Kier molecular flexibility index (Phi) is 5.48. The van der Waals surface area contributed by atoms with E-state index in [-0.39, 0.29) is 11.7 Å². The van der Waals surface area contributed by atoms with Gasteiger partial charge in [0.1, 0.15) is 12.3 Å². The smallest absolute Gasteiger partial charge is 0.234 e. The van der Waals surface area contributed by atoms with Crippen LogP contribution in [0.3, 0.4) is 0 Å². The third kappa shape index (κ3) is 4.29. The zero-order chi connectivity index (χ0) is 19.2. The average Bonchev–Trinajstić information content (AvgIpc) is 3.40. The lowest BCUT2D eigenvalue weighted by atomic mass is 10.0. The van der Waals surface area contributed by atoms with Gasteiger partial charge in [0.05, 0.1) is 12.0 Å². The van der Waals surface area contributed by atoms with E-state index < -0.39 is 0 Å². The summed E-state index contributed by atoms with van der Waals surface area (Å²) in [6.45, 7) is 0.417. The lowest BCUT2D eigenvalue weighted by Crippen LogP contribution is -2.15. The predicted octanol–water partition coefficient (Wildman–Crippen LogP) is 3.71. The number of aromatic nitrogens is 4. The molecule has 0 aliphatic rings. The van der Waals surface area contributed by atoms with Gasteiger partial charge in [0.2, 0.25) is 11.1 Å². The van der Waals surface area contributed by atoms with E-state index in [2.05, 4.69) is 20.8 Å². The first-order valence-corrected chi connectivity index (χ1v) is 9.64. The molecule has 4 aromatic rings. The number of nitrogens with zero attached hydrogens (tertiary/aromatic N) is 4. The highest BCUT2D eigenvalue weighted by atomic mass is 32.2. The highest BCUT2D eigenvalue weighted by Crippen LogP contribution is 2.27. The van der Waals surface area contributed by atoms with Gasteiger partial charge in [0.25, 0.3) is 0 Å². The summed E-state index contributed by atoms with van der Waals surface area (Å²) in [4.78, 5) is 12.5. The van der Waals surface area contributed by atoms with Crippen LogP contribution in [-0.2, 0) is 11.3 Å². The van der Waals surface area contributed by atoms with Crippen molar-refractivity contribution >= 4 is 23.4 Å². The molecule has 2 aromatic heterocycles. The number of furan rings is 1. The summed E-state index contributed by atoms with van der Waals surface area (Å²) in [5, 5.41) is 15.2. The van der Waals surface area contributed by atoms with Crippen LogP contribution in [0.2, 0.25) is 0 Å². The molecule has 0 unspecified atom stereocenters. The van der Waals surface area contributed by atoms with Crippen molar-refractivity contribution in [3.8, 4) is 11.1 Å². The van der Waals surface area contributed by atoms with Gasteiger partial charge in [0.15, 0.2) is 0 Å². The van der Waals surface area contributed by atoms with Crippen LogP contribution in [0.15, 0.2) is 82.6 Å². The third-order valence-corrected chi connectivity index (χ3v) is 4.96. The number of tetrazole rings is 1. The quantitative estimate of drug-likeness (QED) is 0.483. The number of nitrogens with one attached hydrogen (secondary N) is 1. The van der Waals surface area contributed by atoms with Crippen molar-refractivity contribution in [2.24, 2.45) is 0 Å². The Morgan fingerprint density at radius 3 is 2.68 bits per heavy atom. The first-order valence-electron chi connectivity index (χ1n) is 8.65. The van der Waals surface area contributed by atoms with Crippen molar-refractivity contribution in [2.45, 2.75) is 11.7 Å². The van der Waals surface area contributed by atoms with Crippen LogP contribution in [0.4, 0.5) is 5.69 Å². The van der Waals surface area contributed by atoms with Gasteiger partial charge in [-0.25, -0.2) is 4.68 Å². The van der Waals surface area contributed by atoms with Crippen molar-refractivity contribution in [2.75, 3.05) is 11.1 Å². The molecule has 0 saturated heterocycles. The number of benzene rings is 2. The molecule has 0 saturated carbocycles. The minimum atomic E-state index is -0.124. The van der Waals surface area contributed by atoms with Gasteiger partial charge >= 0.3 is 0 Å². The summed E-state index contributed by atoms with van der Waals surface area (Å²) >= 11 is 1.28. The first-order chi connectivity index (χ1) is 13.8. The van der Waals surface area contributed by atoms with Gasteiger partial charge in [-0.1, -0.05) is 60.3 Å². The molecule has 1 N–H and O–H groups in total. The van der Waals surface area contributed by atoms with Crippen LogP contribution < -0.4 is 5.32 Å². The molecule has 0 spiro atoms. The summed E-state index contributed by atoms with van der Waals surface area (Å²) in [7, 11) is 0. The van der Waals surface area contributed by atoms with Gasteiger partial charge in [-0.05, 0) is 34.2 Å². The summed E-state index contributed by atoms with van der Waals surface area (Å²) in [6, 6.07) is 21.3. The number of carbonyl (C=O) groups is 1. The molecule has 0 radical (unpaired) electrons. The molecule has 1 amide bonds. The Labute approximate surface area is 165 Å². The molecule has 0 aliphatic heterocycles. The second-order valence-electron chi connectivity index (χ2n) is 5.95. The lowest BCUT2D eigenvalue weighted by molar-refractivity contribution is -0.113. The van der Waals surface area contributed by atoms with Crippen LogP contribution in [0.1, 0.15) is 5.76 Å². The maximum atomic E-state index is 12.5. The maximum absolute atomic E-state index is 12.5. The number of anilines is 1. The fourth-order valence-corrected chi connectivity index (χ4v) is 3.40. The van der Waals surface area contributed by atoms with Crippen LogP contribution in [0.5, 0.6) is 0 Å². The Morgan fingerprint density at radius 2 is 1.86 bits per heavy atom. The van der Waals surface area contributed by atoms with E-state index in [4.69, 9.17) is 4.42 Å². The number of amides is 1. The Balaban J connectivity index is 1.41. The largest absolute Gasteiger partial charge is 0.467 e. The first kappa shape index (κ1) is 18.0. The monoisotopic (exact) mass is 391 g/mol. The topological polar surface area (TPSA) is 85.8 Å². The molecule has 0 bridgehead atoms. The normalized spacial score (nSPS) is 10.7. The van der Waals surface area contributed by atoms with E-state index in [0.717, 1.165) is 22.6 Å². The number of thioether (sulfide) groups is 1. The molecule has 4 rings (SSSR count). The summed E-state index contributed by atoms with van der Waals surface area (Å²) in [5.74, 6) is 0.818. The van der Waals surface area contributed by atoms with E-state index in [9.17, 15) is 4.79 Å². The summed E-state index contributed by atoms with van der Waals surface area (Å²) in [6.07, 6.45) is 1.60. The fourth-order valence-electron chi connectivity index (χ4n) is 2.73. The number of hydrogen-bond donors (Lipinski definition) is 1. The van der Waals surface area contributed by atoms with Crippen molar-refractivity contribution in [1.29, 1.82) is 0 Å². The molecule has 0 aliphatic carbocycles. The van der Waals surface area contributed by atoms with Gasteiger partial charge in [0, 0.05) is 11.3 Å². The second-order valence-corrected chi connectivity index (χ2v) is 6.89. The Bertz CT molecular complexity index is 1050. The van der Waals surface area contributed by atoms with Crippen LogP contribution in [-0.4, -0.2) is 31.9 Å². The van der Waals surface area contributed by atoms with Gasteiger partial charge in [-0.3, -0.25) is 4.79 Å². The maximum Gasteiger partial charge on any atom is 0.234 e. The minimum Gasteiger partial charge on any atom is -0.467 e. The zero-order valence-corrected chi connectivity index (χ0v) is 15.7. The van der Waals surface area contributed by atoms with Crippen LogP contribution in [0.25, 0.3) is 11.1 Å². The van der Waals surface area contributed by atoms with Crippen molar-refractivity contribution in [3.63, 3.8) is 0 Å². The molecule has 2 heterocycles. The molecule has 0 fully saturated rings. The zero-order valence-electron chi connectivity index (χ0n) is 14.9.